The smallest absolute Gasteiger partial charge is 0.230 e. The molecule has 1 aromatic heterocycles. The Bertz CT molecular complexity index is 302. The van der Waals surface area contributed by atoms with Gasteiger partial charge in [-0.05, 0) is 12.0 Å². The normalized spacial score (nSPS) is 10.4. The largest absolute Gasteiger partial charge is 0.446 e. The number of hydrogen-bond acceptors (Lipinski definition) is 3. The standard InChI is InChI=1S/C10H15FN2O/c1-7(2)9-8(12-3)4-5-13-10(9)14-6-11/h4-5,7H,6H2,1-3H3,(H,12,13). The van der Waals surface area contributed by atoms with E-state index in [2.05, 4.69) is 10.3 Å². The third-order valence-corrected chi connectivity index (χ3v) is 1.99. The van der Waals surface area contributed by atoms with Crippen LogP contribution in [-0.4, -0.2) is 18.9 Å². The van der Waals surface area contributed by atoms with E-state index in [9.17, 15) is 4.39 Å². The van der Waals surface area contributed by atoms with E-state index in [4.69, 9.17) is 4.74 Å². The first-order valence-corrected chi connectivity index (χ1v) is 4.56. The number of rotatable bonds is 4. The highest BCUT2D eigenvalue weighted by Crippen LogP contribution is 2.31. The predicted molar refractivity (Wildman–Crippen MR) is 54.5 cm³/mol. The molecule has 0 aliphatic carbocycles. The topological polar surface area (TPSA) is 34.2 Å². The number of ether oxygens (including phenoxy) is 1. The van der Waals surface area contributed by atoms with Gasteiger partial charge in [-0.2, -0.15) is 0 Å². The highest BCUT2D eigenvalue weighted by atomic mass is 19.1. The number of aromatic nitrogens is 1. The monoisotopic (exact) mass is 198 g/mol. The van der Waals surface area contributed by atoms with Crippen LogP contribution in [0.15, 0.2) is 12.3 Å². The average molecular weight is 198 g/mol. The molecule has 0 saturated carbocycles. The lowest BCUT2D eigenvalue weighted by Crippen LogP contribution is -2.04. The van der Waals surface area contributed by atoms with E-state index in [-0.39, 0.29) is 5.92 Å². The summed E-state index contributed by atoms with van der Waals surface area (Å²) in [4.78, 5) is 4.00. The van der Waals surface area contributed by atoms with E-state index in [1.54, 1.807) is 6.20 Å². The molecule has 0 aliphatic heterocycles. The third kappa shape index (κ3) is 2.13. The molecule has 0 spiro atoms. The number of alkyl halides is 1. The van der Waals surface area contributed by atoms with Crippen LogP contribution in [0.1, 0.15) is 25.3 Å². The fraction of sp³-hybridized carbons (Fsp3) is 0.500. The molecule has 1 rings (SSSR count). The second-order valence-corrected chi connectivity index (χ2v) is 3.24. The van der Waals surface area contributed by atoms with Crippen molar-refractivity contribution in [2.45, 2.75) is 19.8 Å². The van der Waals surface area contributed by atoms with Crippen molar-refractivity contribution in [3.05, 3.63) is 17.8 Å². The summed E-state index contributed by atoms with van der Waals surface area (Å²) in [5.74, 6) is 0.613. The molecular weight excluding hydrogens is 183 g/mol. The molecule has 0 atom stereocenters. The van der Waals surface area contributed by atoms with Gasteiger partial charge in [0, 0.05) is 24.5 Å². The summed E-state index contributed by atoms with van der Waals surface area (Å²) in [5, 5.41) is 3.03. The van der Waals surface area contributed by atoms with E-state index in [0.717, 1.165) is 11.3 Å². The summed E-state index contributed by atoms with van der Waals surface area (Å²) in [6.07, 6.45) is 1.60. The van der Waals surface area contributed by atoms with Crippen molar-refractivity contribution in [3.8, 4) is 5.88 Å². The van der Waals surface area contributed by atoms with Crippen LogP contribution in [0.2, 0.25) is 0 Å². The highest BCUT2D eigenvalue weighted by molar-refractivity contribution is 5.55. The Hall–Kier alpha value is -1.32. The zero-order valence-corrected chi connectivity index (χ0v) is 8.67. The van der Waals surface area contributed by atoms with Gasteiger partial charge in [0.25, 0.3) is 0 Å². The molecule has 14 heavy (non-hydrogen) atoms. The van der Waals surface area contributed by atoms with E-state index in [1.165, 1.54) is 0 Å². The minimum absolute atomic E-state index is 0.243. The van der Waals surface area contributed by atoms with Gasteiger partial charge in [-0.15, -0.1) is 0 Å². The van der Waals surface area contributed by atoms with E-state index in [0.29, 0.717) is 5.88 Å². The maximum Gasteiger partial charge on any atom is 0.230 e. The lowest BCUT2D eigenvalue weighted by atomic mass is 10.0. The number of hydrogen-bond donors (Lipinski definition) is 1. The summed E-state index contributed by atoms with van der Waals surface area (Å²) >= 11 is 0. The molecule has 1 aromatic rings. The fourth-order valence-electron chi connectivity index (χ4n) is 1.40. The number of pyridine rings is 1. The number of nitrogens with zero attached hydrogens (tertiary/aromatic N) is 1. The zero-order chi connectivity index (χ0) is 10.6. The van der Waals surface area contributed by atoms with Gasteiger partial charge in [-0.25, -0.2) is 9.37 Å². The molecule has 0 bridgehead atoms. The Balaban J connectivity index is 3.14. The number of nitrogens with one attached hydrogen (secondary N) is 1. The highest BCUT2D eigenvalue weighted by Gasteiger charge is 2.13. The summed E-state index contributed by atoms with van der Waals surface area (Å²) in [6, 6.07) is 1.85. The molecule has 78 valence electrons. The van der Waals surface area contributed by atoms with Crippen molar-refractivity contribution in [1.29, 1.82) is 0 Å². The molecule has 0 aliphatic rings. The molecule has 0 fully saturated rings. The van der Waals surface area contributed by atoms with Gasteiger partial charge in [0.2, 0.25) is 12.7 Å². The van der Waals surface area contributed by atoms with Crippen molar-refractivity contribution >= 4 is 5.69 Å². The lowest BCUT2D eigenvalue weighted by Gasteiger charge is -2.15. The first-order valence-electron chi connectivity index (χ1n) is 4.56. The van der Waals surface area contributed by atoms with Crippen LogP contribution in [0.25, 0.3) is 0 Å². The van der Waals surface area contributed by atoms with Gasteiger partial charge in [0.15, 0.2) is 0 Å². The molecule has 0 amide bonds. The Morgan fingerprint density at radius 3 is 2.79 bits per heavy atom. The second kappa shape index (κ2) is 4.79. The van der Waals surface area contributed by atoms with Crippen molar-refractivity contribution < 1.29 is 9.13 Å². The van der Waals surface area contributed by atoms with Crippen LogP contribution < -0.4 is 10.1 Å². The molecule has 0 radical (unpaired) electrons. The fourth-order valence-corrected chi connectivity index (χ4v) is 1.40. The molecule has 4 heteroatoms. The Labute approximate surface area is 83.3 Å². The van der Waals surface area contributed by atoms with Gasteiger partial charge in [-0.1, -0.05) is 13.8 Å². The van der Waals surface area contributed by atoms with Crippen LogP contribution >= 0.6 is 0 Å². The van der Waals surface area contributed by atoms with Gasteiger partial charge in [0.05, 0.1) is 0 Å². The first kappa shape index (κ1) is 10.8. The average Bonchev–Trinajstić information content (AvgIpc) is 2.17. The quantitative estimate of drug-likeness (QED) is 0.807. The molecule has 1 N–H and O–H groups in total. The van der Waals surface area contributed by atoms with Crippen LogP contribution in [0.3, 0.4) is 0 Å². The number of halogens is 1. The molecule has 0 saturated heterocycles. The van der Waals surface area contributed by atoms with E-state index < -0.39 is 6.86 Å². The van der Waals surface area contributed by atoms with Crippen LogP contribution in [0, 0.1) is 0 Å². The molecule has 3 nitrogen and oxygen atoms in total. The van der Waals surface area contributed by atoms with E-state index in [1.807, 2.05) is 27.0 Å². The van der Waals surface area contributed by atoms with Crippen LogP contribution in [0.5, 0.6) is 5.88 Å². The van der Waals surface area contributed by atoms with Gasteiger partial charge < -0.3 is 10.1 Å². The third-order valence-electron chi connectivity index (χ3n) is 1.99. The zero-order valence-electron chi connectivity index (χ0n) is 8.67. The summed E-state index contributed by atoms with van der Waals surface area (Å²) in [7, 11) is 1.82. The Morgan fingerprint density at radius 2 is 2.29 bits per heavy atom. The summed E-state index contributed by atoms with van der Waals surface area (Å²) < 4.78 is 16.9. The van der Waals surface area contributed by atoms with Crippen molar-refractivity contribution in [1.82, 2.24) is 4.98 Å². The molecule has 0 unspecified atom stereocenters. The van der Waals surface area contributed by atoms with Gasteiger partial charge in [0.1, 0.15) is 0 Å². The second-order valence-electron chi connectivity index (χ2n) is 3.24. The maximum atomic E-state index is 12.1. The minimum Gasteiger partial charge on any atom is -0.446 e. The summed E-state index contributed by atoms with van der Waals surface area (Å²) in [6.45, 7) is 3.19. The molecular formula is C10H15FN2O. The first-order chi connectivity index (χ1) is 6.70. The molecule has 1 heterocycles. The van der Waals surface area contributed by atoms with Crippen LogP contribution in [-0.2, 0) is 0 Å². The van der Waals surface area contributed by atoms with Crippen molar-refractivity contribution in [2.75, 3.05) is 19.2 Å². The van der Waals surface area contributed by atoms with Crippen LogP contribution in [0.4, 0.5) is 10.1 Å². The van der Waals surface area contributed by atoms with Gasteiger partial charge >= 0.3 is 0 Å². The SMILES string of the molecule is CNc1ccnc(OCF)c1C(C)C. The Morgan fingerprint density at radius 1 is 1.57 bits per heavy atom. The van der Waals surface area contributed by atoms with Gasteiger partial charge in [-0.3, -0.25) is 0 Å². The summed E-state index contributed by atoms with van der Waals surface area (Å²) in [5.41, 5.74) is 1.84. The Kier molecular flexibility index (Phi) is 3.68. The predicted octanol–water partition coefficient (Wildman–Crippen LogP) is 2.55. The molecule has 0 aromatic carbocycles. The van der Waals surface area contributed by atoms with Crippen molar-refractivity contribution in [3.63, 3.8) is 0 Å². The minimum atomic E-state index is -0.847. The van der Waals surface area contributed by atoms with Crippen molar-refractivity contribution in [2.24, 2.45) is 0 Å². The lowest BCUT2D eigenvalue weighted by molar-refractivity contribution is 0.182. The maximum absolute atomic E-state index is 12.1. The number of anilines is 1. The van der Waals surface area contributed by atoms with E-state index >= 15 is 0 Å².